The Kier molecular flexibility index (Phi) is 2.25. The van der Waals surface area contributed by atoms with E-state index in [0.29, 0.717) is 12.0 Å². The van der Waals surface area contributed by atoms with Gasteiger partial charge in [0.25, 0.3) is 0 Å². The SMILES string of the molecule is CC(C)C1NCCc2[nH]c3ccccc3c21. The summed E-state index contributed by atoms with van der Waals surface area (Å²) in [6.07, 6.45) is 1.12. The number of para-hydroxylation sites is 1. The van der Waals surface area contributed by atoms with Gasteiger partial charge in [0.15, 0.2) is 0 Å². The van der Waals surface area contributed by atoms with Crippen LogP contribution in [0, 0.1) is 5.92 Å². The molecule has 0 bridgehead atoms. The lowest BCUT2D eigenvalue weighted by molar-refractivity contribution is 0.396. The lowest BCUT2D eigenvalue weighted by Gasteiger charge is -2.27. The first-order valence-corrected chi connectivity index (χ1v) is 6.10. The van der Waals surface area contributed by atoms with Crippen LogP contribution in [-0.2, 0) is 6.42 Å². The van der Waals surface area contributed by atoms with E-state index in [4.69, 9.17) is 0 Å². The first kappa shape index (κ1) is 9.91. The Morgan fingerprint density at radius 3 is 2.88 bits per heavy atom. The van der Waals surface area contributed by atoms with E-state index in [1.165, 1.54) is 22.2 Å². The molecule has 0 fully saturated rings. The zero-order valence-electron chi connectivity index (χ0n) is 9.88. The molecule has 84 valence electrons. The third kappa shape index (κ3) is 1.37. The van der Waals surface area contributed by atoms with Crippen molar-refractivity contribution in [3.8, 4) is 0 Å². The molecule has 0 radical (unpaired) electrons. The van der Waals surface area contributed by atoms with Crippen molar-refractivity contribution < 1.29 is 0 Å². The lowest BCUT2D eigenvalue weighted by Crippen LogP contribution is -2.32. The minimum Gasteiger partial charge on any atom is -0.358 e. The maximum absolute atomic E-state index is 3.63. The molecule has 16 heavy (non-hydrogen) atoms. The van der Waals surface area contributed by atoms with Crippen molar-refractivity contribution in [1.29, 1.82) is 0 Å². The number of H-pyrrole nitrogens is 1. The first-order valence-electron chi connectivity index (χ1n) is 6.10. The molecule has 0 aliphatic carbocycles. The summed E-state index contributed by atoms with van der Waals surface area (Å²) in [5, 5.41) is 5.03. The quantitative estimate of drug-likeness (QED) is 0.750. The fourth-order valence-electron chi connectivity index (χ4n) is 2.80. The van der Waals surface area contributed by atoms with Crippen molar-refractivity contribution >= 4 is 10.9 Å². The zero-order valence-corrected chi connectivity index (χ0v) is 9.88. The fraction of sp³-hybridized carbons (Fsp3) is 0.429. The van der Waals surface area contributed by atoms with Crippen molar-refractivity contribution in [1.82, 2.24) is 10.3 Å². The molecule has 0 amide bonds. The predicted octanol–water partition coefficient (Wildman–Crippen LogP) is 3.01. The van der Waals surface area contributed by atoms with Crippen LogP contribution in [0.3, 0.4) is 0 Å². The van der Waals surface area contributed by atoms with Crippen LogP contribution in [0.1, 0.15) is 31.1 Å². The van der Waals surface area contributed by atoms with Gasteiger partial charge in [-0.3, -0.25) is 0 Å². The van der Waals surface area contributed by atoms with Gasteiger partial charge in [-0.05, 0) is 17.5 Å². The highest BCUT2D eigenvalue weighted by Crippen LogP contribution is 2.34. The second-order valence-electron chi connectivity index (χ2n) is 4.99. The summed E-state index contributed by atoms with van der Waals surface area (Å²) in [4.78, 5) is 3.56. The van der Waals surface area contributed by atoms with Crippen molar-refractivity contribution in [2.45, 2.75) is 26.3 Å². The van der Waals surface area contributed by atoms with Crippen molar-refractivity contribution in [3.05, 3.63) is 35.5 Å². The second-order valence-corrected chi connectivity index (χ2v) is 4.99. The molecule has 2 nitrogen and oxygen atoms in total. The second kappa shape index (κ2) is 3.63. The van der Waals surface area contributed by atoms with Crippen LogP contribution in [-0.4, -0.2) is 11.5 Å². The molecule has 2 aromatic rings. The lowest BCUT2D eigenvalue weighted by atomic mass is 9.90. The van der Waals surface area contributed by atoms with E-state index < -0.39 is 0 Å². The van der Waals surface area contributed by atoms with Gasteiger partial charge in [0.05, 0.1) is 0 Å². The van der Waals surface area contributed by atoms with E-state index in [-0.39, 0.29) is 0 Å². The van der Waals surface area contributed by atoms with Crippen molar-refractivity contribution in [2.24, 2.45) is 5.92 Å². The van der Waals surface area contributed by atoms with E-state index >= 15 is 0 Å². The van der Waals surface area contributed by atoms with Crippen LogP contribution in [0.4, 0.5) is 0 Å². The molecule has 2 N–H and O–H groups in total. The number of benzene rings is 1. The maximum Gasteiger partial charge on any atom is 0.0459 e. The molecule has 2 heteroatoms. The van der Waals surface area contributed by atoms with Gasteiger partial charge in [0, 0.05) is 35.6 Å². The number of hydrogen-bond donors (Lipinski definition) is 2. The number of aromatic nitrogens is 1. The van der Waals surface area contributed by atoms with Crippen LogP contribution in [0.5, 0.6) is 0 Å². The topological polar surface area (TPSA) is 27.8 Å². The van der Waals surface area contributed by atoms with Crippen LogP contribution in [0.15, 0.2) is 24.3 Å². The number of hydrogen-bond acceptors (Lipinski definition) is 1. The van der Waals surface area contributed by atoms with Crippen molar-refractivity contribution in [2.75, 3.05) is 6.54 Å². The molecule has 1 atom stereocenters. The van der Waals surface area contributed by atoms with Crippen LogP contribution in [0.2, 0.25) is 0 Å². The molecule has 1 aromatic carbocycles. The number of nitrogens with one attached hydrogen (secondary N) is 2. The van der Waals surface area contributed by atoms with E-state index in [2.05, 4.69) is 48.4 Å². The fourth-order valence-corrected chi connectivity index (χ4v) is 2.80. The summed E-state index contributed by atoms with van der Waals surface area (Å²) in [5.74, 6) is 0.637. The normalized spacial score (nSPS) is 20.3. The zero-order chi connectivity index (χ0) is 11.1. The van der Waals surface area contributed by atoms with Gasteiger partial charge >= 0.3 is 0 Å². The van der Waals surface area contributed by atoms with E-state index in [9.17, 15) is 0 Å². The van der Waals surface area contributed by atoms with E-state index in [1.807, 2.05) is 0 Å². The third-order valence-electron chi connectivity index (χ3n) is 3.54. The molecular formula is C14H18N2. The average molecular weight is 214 g/mol. The molecule has 0 saturated heterocycles. The van der Waals surface area contributed by atoms with Gasteiger partial charge in [-0.1, -0.05) is 32.0 Å². The summed E-state index contributed by atoms with van der Waals surface area (Å²) in [7, 11) is 0. The van der Waals surface area contributed by atoms with Gasteiger partial charge < -0.3 is 10.3 Å². The molecule has 3 rings (SSSR count). The third-order valence-corrected chi connectivity index (χ3v) is 3.54. The van der Waals surface area contributed by atoms with Crippen LogP contribution in [0.25, 0.3) is 10.9 Å². The summed E-state index contributed by atoms with van der Waals surface area (Å²) in [5.41, 5.74) is 4.21. The first-order chi connectivity index (χ1) is 7.77. The summed E-state index contributed by atoms with van der Waals surface area (Å²) < 4.78 is 0. The Hall–Kier alpha value is -1.28. The van der Waals surface area contributed by atoms with Crippen LogP contribution < -0.4 is 5.32 Å². The molecule has 1 unspecified atom stereocenters. The summed E-state index contributed by atoms with van der Waals surface area (Å²) >= 11 is 0. The molecule has 2 heterocycles. The molecule has 1 aromatic heterocycles. The van der Waals surface area contributed by atoms with Gasteiger partial charge in [-0.25, -0.2) is 0 Å². The number of rotatable bonds is 1. The molecule has 1 aliphatic rings. The molecule has 0 saturated carbocycles. The maximum atomic E-state index is 3.63. The molecular weight excluding hydrogens is 196 g/mol. The standard InChI is InChI=1S/C14H18N2/c1-9(2)14-13-10-5-3-4-6-11(10)16-12(13)7-8-15-14/h3-6,9,14-16H,7-8H2,1-2H3. The predicted molar refractivity (Wildman–Crippen MR) is 67.6 cm³/mol. The highest BCUT2D eigenvalue weighted by molar-refractivity contribution is 5.85. The Bertz CT molecular complexity index is 510. The average Bonchev–Trinajstić information content (AvgIpc) is 2.66. The van der Waals surface area contributed by atoms with Gasteiger partial charge in [0.2, 0.25) is 0 Å². The largest absolute Gasteiger partial charge is 0.358 e. The summed E-state index contributed by atoms with van der Waals surface area (Å²) in [6.45, 7) is 5.66. The van der Waals surface area contributed by atoms with Gasteiger partial charge in [-0.15, -0.1) is 0 Å². The Labute approximate surface area is 96.1 Å². The van der Waals surface area contributed by atoms with Crippen molar-refractivity contribution in [3.63, 3.8) is 0 Å². The Morgan fingerprint density at radius 1 is 1.25 bits per heavy atom. The highest BCUT2D eigenvalue weighted by atomic mass is 14.9. The summed E-state index contributed by atoms with van der Waals surface area (Å²) in [6, 6.07) is 9.13. The Morgan fingerprint density at radius 2 is 2.06 bits per heavy atom. The monoisotopic (exact) mass is 214 g/mol. The van der Waals surface area contributed by atoms with Gasteiger partial charge in [0.1, 0.15) is 0 Å². The smallest absolute Gasteiger partial charge is 0.0459 e. The molecule has 1 aliphatic heterocycles. The Balaban J connectivity index is 2.24. The van der Waals surface area contributed by atoms with E-state index in [1.54, 1.807) is 0 Å². The van der Waals surface area contributed by atoms with Gasteiger partial charge in [-0.2, -0.15) is 0 Å². The highest BCUT2D eigenvalue weighted by Gasteiger charge is 2.25. The van der Waals surface area contributed by atoms with E-state index in [0.717, 1.165) is 13.0 Å². The minimum atomic E-state index is 0.500. The number of fused-ring (bicyclic) bond motifs is 3. The van der Waals surface area contributed by atoms with Crippen LogP contribution >= 0.6 is 0 Å². The minimum absolute atomic E-state index is 0.500. The molecule has 0 spiro atoms. The number of aromatic amines is 1.